The second-order valence-corrected chi connectivity index (χ2v) is 4.82. The molecular formula is C14H21FN2O3. The Balaban J connectivity index is 2.44. The first-order chi connectivity index (χ1) is 9.42. The lowest BCUT2D eigenvalue weighted by molar-refractivity contribution is -0.117. The molecule has 0 bridgehead atoms. The maximum atomic E-state index is 13.3. The summed E-state index contributed by atoms with van der Waals surface area (Å²) in [7, 11) is 3.22. The van der Waals surface area contributed by atoms with E-state index < -0.39 is 6.10 Å². The first-order valence-corrected chi connectivity index (χ1v) is 6.34. The van der Waals surface area contributed by atoms with Crippen LogP contribution in [-0.2, 0) is 9.53 Å². The number of carbonyl (C=O) groups is 1. The van der Waals surface area contributed by atoms with Gasteiger partial charge >= 0.3 is 0 Å². The molecule has 0 saturated heterocycles. The number of nitrogens with one attached hydrogen (secondary N) is 1. The highest BCUT2D eigenvalue weighted by molar-refractivity contribution is 5.92. The number of aliphatic hydroxyl groups excluding tert-OH is 1. The smallest absolute Gasteiger partial charge is 0.238 e. The molecule has 0 spiro atoms. The topological polar surface area (TPSA) is 61.8 Å². The first-order valence-electron chi connectivity index (χ1n) is 6.34. The van der Waals surface area contributed by atoms with Gasteiger partial charge in [0.15, 0.2) is 0 Å². The number of benzene rings is 1. The molecule has 1 unspecified atom stereocenters. The number of likely N-dealkylation sites (N-methyl/N-ethyl adjacent to an activating group) is 1. The van der Waals surface area contributed by atoms with Crippen LogP contribution in [0.5, 0.6) is 0 Å². The highest BCUT2D eigenvalue weighted by atomic mass is 19.1. The van der Waals surface area contributed by atoms with E-state index >= 15 is 0 Å². The van der Waals surface area contributed by atoms with E-state index in [1.54, 1.807) is 31.0 Å². The van der Waals surface area contributed by atoms with Gasteiger partial charge in [0.25, 0.3) is 0 Å². The molecule has 0 saturated carbocycles. The van der Waals surface area contributed by atoms with Gasteiger partial charge in [-0.1, -0.05) is 6.07 Å². The average molecular weight is 284 g/mol. The minimum atomic E-state index is -0.644. The standard InChI is InChI=1S/C14H21FN2O3/c1-10-4-5-11(6-13(10)15)16-14(19)8-17(2)7-12(18)9-20-3/h4-6,12,18H,7-9H2,1-3H3,(H,16,19). The van der Waals surface area contributed by atoms with E-state index in [-0.39, 0.29) is 24.9 Å². The van der Waals surface area contributed by atoms with Crippen LogP contribution in [0.2, 0.25) is 0 Å². The fourth-order valence-electron chi connectivity index (χ4n) is 1.79. The summed E-state index contributed by atoms with van der Waals surface area (Å²) >= 11 is 0. The second kappa shape index (κ2) is 7.94. The van der Waals surface area contributed by atoms with Crippen molar-refractivity contribution in [1.82, 2.24) is 4.90 Å². The molecule has 1 aromatic rings. The molecule has 0 aliphatic heterocycles. The monoisotopic (exact) mass is 284 g/mol. The zero-order chi connectivity index (χ0) is 15.1. The molecule has 0 fully saturated rings. The van der Waals surface area contributed by atoms with Crippen molar-refractivity contribution in [2.75, 3.05) is 39.2 Å². The van der Waals surface area contributed by atoms with Crippen molar-refractivity contribution in [3.05, 3.63) is 29.6 Å². The van der Waals surface area contributed by atoms with E-state index in [0.717, 1.165) is 0 Å². The Morgan fingerprint density at radius 3 is 2.85 bits per heavy atom. The van der Waals surface area contributed by atoms with E-state index in [2.05, 4.69) is 5.32 Å². The number of hydrogen-bond acceptors (Lipinski definition) is 4. The van der Waals surface area contributed by atoms with Gasteiger partial charge in [-0.3, -0.25) is 9.69 Å². The molecule has 0 aromatic heterocycles. The number of hydrogen-bond donors (Lipinski definition) is 2. The van der Waals surface area contributed by atoms with Crippen LogP contribution in [-0.4, -0.2) is 55.9 Å². The normalized spacial score (nSPS) is 12.5. The van der Waals surface area contributed by atoms with Gasteiger partial charge in [0, 0.05) is 19.3 Å². The number of carbonyl (C=O) groups excluding carboxylic acids is 1. The number of aliphatic hydroxyl groups is 1. The molecule has 0 aliphatic carbocycles. The fourth-order valence-corrected chi connectivity index (χ4v) is 1.79. The van der Waals surface area contributed by atoms with E-state index in [1.807, 2.05) is 0 Å². The minimum Gasteiger partial charge on any atom is -0.389 e. The number of amides is 1. The summed E-state index contributed by atoms with van der Waals surface area (Å²) in [6, 6.07) is 4.54. The van der Waals surface area contributed by atoms with Crippen LogP contribution in [0.25, 0.3) is 0 Å². The predicted molar refractivity (Wildman–Crippen MR) is 75.1 cm³/mol. The van der Waals surface area contributed by atoms with Crippen molar-refractivity contribution in [2.45, 2.75) is 13.0 Å². The van der Waals surface area contributed by atoms with Gasteiger partial charge in [0.1, 0.15) is 5.82 Å². The van der Waals surface area contributed by atoms with Gasteiger partial charge in [-0.2, -0.15) is 0 Å². The highest BCUT2D eigenvalue weighted by Crippen LogP contribution is 2.13. The lowest BCUT2D eigenvalue weighted by Crippen LogP contribution is -2.37. The number of rotatable bonds is 7. The summed E-state index contributed by atoms with van der Waals surface area (Å²) in [6.07, 6.45) is -0.644. The number of ether oxygens (including phenoxy) is 1. The first kappa shape index (κ1) is 16.6. The van der Waals surface area contributed by atoms with Crippen LogP contribution in [0.4, 0.5) is 10.1 Å². The molecule has 1 amide bonds. The maximum Gasteiger partial charge on any atom is 0.238 e. The third-order valence-electron chi connectivity index (χ3n) is 2.75. The lowest BCUT2D eigenvalue weighted by Gasteiger charge is -2.19. The fraction of sp³-hybridized carbons (Fsp3) is 0.500. The SMILES string of the molecule is COCC(O)CN(C)CC(=O)Nc1ccc(C)c(F)c1. The van der Waals surface area contributed by atoms with Gasteiger partial charge in [-0.05, 0) is 31.7 Å². The molecule has 1 rings (SSSR count). The molecular weight excluding hydrogens is 263 g/mol. The molecule has 0 radical (unpaired) electrons. The van der Waals surface area contributed by atoms with E-state index in [9.17, 15) is 14.3 Å². The molecule has 6 heteroatoms. The Hall–Kier alpha value is -1.50. The minimum absolute atomic E-state index is 0.107. The van der Waals surface area contributed by atoms with E-state index in [4.69, 9.17) is 4.74 Å². The summed E-state index contributed by atoms with van der Waals surface area (Å²) in [5.41, 5.74) is 0.951. The van der Waals surface area contributed by atoms with Crippen LogP contribution in [0.3, 0.4) is 0 Å². The second-order valence-electron chi connectivity index (χ2n) is 4.82. The number of nitrogens with zero attached hydrogens (tertiary/aromatic N) is 1. The quantitative estimate of drug-likeness (QED) is 0.784. The van der Waals surface area contributed by atoms with Gasteiger partial charge < -0.3 is 15.2 Å². The van der Waals surface area contributed by atoms with Crippen molar-refractivity contribution in [2.24, 2.45) is 0 Å². The number of aryl methyl sites for hydroxylation is 1. The molecule has 20 heavy (non-hydrogen) atoms. The van der Waals surface area contributed by atoms with Crippen molar-refractivity contribution < 1.29 is 19.0 Å². The van der Waals surface area contributed by atoms with Crippen LogP contribution < -0.4 is 5.32 Å². The zero-order valence-electron chi connectivity index (χ0n) is 12.0. The average Bonchev–Trinajstić information content (AvgIpc) is 2.33. The Labute approximate surface area is 118 Å². The summed E-state index contributed by atoms with van der Waals surface area (Å²) < 4.78 is 18.2. The van der Waals surface area contributed by atoms with Crippen LogP contribution in [0, 0.1) is 12.7 Å². The molecule has 1 atom stereocenters. The largest absolute Gasteiger partial charge is 0.389 e. The van der Waals surface area contributed by atoms with Crippen molar-refractivity contribution in [3.63, 3.8) is 0 Å². The zero-order valence-corrected chi connectivity index (χ0v) is 12.0. The maximum absolute atomic E-state index is 13.3. The van der Waals surface area contributed by atoms with Gasteiger partial charge in [0.05, 0.1) is 19.3 Å². The van der Waals surface area contributed by atoms with E-state index in [1.165, 1.54) is 13.2 Å². The van der Waals surface area contributed by atoms with Gasteiger partial charge in [0.2, 0.25) is 5.91 Å². The third-order valence-corrected chi connectivity index (χ3v) is 2.75. The lowest BCUT2D eigenvalue weighted by atomic mass is 10.2. The number of methoxy groups -OCH3 is 1. The molecule has 2 N–H and O–H groups in total. The van der Waals surface area contributed by atoms with Crippen LogP contribution >= 0.6 is 0 Å². The molecule has 5 nitrogen and oxygen atoms in total. The van der Waals surface area contributed by atoms with Crippen molar-refractivity contribution >= 4 is 11.6 Å². The predicted octanol–water partition coefficient (Wildman–Crippen LogP) is 1.01. The molecule has 0 heterocycles. The highest BCUT2D eigenvalue weighted by Gasteiger charge is 2.12. The Morgan fingerprint density at radius 1 is 1.55 bits per heavy atom. The van der Waals surface area contributed by atoms with Crippen LogP contribution in [0.1, 0.15) is 5.56 Å². The molecule has 1 aromatic carbocycles. The van der Waals surface area contributed by atoms with E-state index in [0.29, 0.717) is 17.8 Å². The van der Waals surface area contributed by atoms with Crippen molar-refractivity contribution in [3.8, 4) is 0 Å². The Bertz CT molecular complexity index is 454. The van der Waals surface area contributed by atoms with Crippen LogP contribution in [0.15, 0.2) is 18.2 Å². The third kappa shape index (κ3) is 5.64. The molecule has 112 valence electrons. The number of anilines is 1. The van der Waals surface area contributed by atoms with Gasteiger partial charge in [-0.25, -0.2) is 4.39 Å². The summed E-state index contributed by atoms with van der Waals surface area (Å²) in [4.78, 5) is 13.4. The Kier molecular flexibility index (Phi) is 6.57. The van der Waals surface area contributed by atoms with Gasteiger partial charge in [-0.15, -0.1) is 0 Å². The molecule has 0 aliphatic rings. The summed E-state index contributed by atoms with van der Waals surface area (Å²) in [5.74, 6) is -0.618. The summed E-state index contributed by atoms with van der Waals surface area (Å²) in [5, 5.41) is 12.2. The Morgan fingerprint density at radius 2 is 2.25 bits per heavy atom. The summed E-state index contributed by atoms with van der Waals surface area (Å²) in [6.45, 7) is 2.31. The van der Waals surface area contributed by atoms with Crippen molar-refractivity contribution in [1.29, 1.82) is 0 Å². The number of halogens is 1.